The second-order valence-corrected chi connectivity index (χ2v) is 8.62. The van der Waals surface area contributed by atoms with Gasteiger partial charge in [0.15, 0.2) is 6.10 Å². The molecule has 2 rings (SSSR count). The predicted octanol–water partition coefficient (Wildman–Crippen LogP) is 5.46. The Balaban J connectivity index is 1.84. The Morgan fingerprint density at radius 2 is 1.69 bits per heavy atom. The zero-order valence-corrected chi connectivity index (χ0v) is 18.6. The fourth-order valence-corrected chi connectivity index (χ4v) is 3.06. The van der Waals surface area contributed by atoms with E-state index in [9.17, 15) is 4.79 Å². The number of rotatable bonds is 9. The third kappa shape index (κ3) is 6.81. The molecule has 0 spiro atoms. The minimum absolute atomic E-state index is 0.0915. The van der Waals surface area contributed by atoms with Gasteiger partial charge in [-0.25, -0.2) is 0 Å². The van der Waals surface area contributed by atoms with Gasteiger partial charge in [-0.1, -0.05) is 71.9 Å². The number of carbonyl (C=O) groups excluding carboxylic acids is 1. The van der Waals surface area contributed by atoms with Crippen molar-refractivity contribution in [1.29, 1.82) is 0 Å². The highest BCUT2D eigenvalue weighted by atomic mass is 16.5. The van der Waals surface area contributed by atoms with Gasteiger partial charge in [-0.2, -0.15) is 0 Å². The molecule has 4 nitrogen and oxygen atoms in total. The average Bonchev–Trinajstić information content (AvgIpc) is 2.69. The van der Waals surface area contributed by atoms with E-state index in [1.807, 2.05) is 37.3 Å². The first-order chi connectivity index (χ1) is 13.7. The molecule has 0 unspecified atom stereocenters. The lowest BCUT2D eigenvalue weighted by Gasteiger charge is -2.21. The van der Waals surface area contributed by atoms with Gasteiger partial charge >= 0.3 is 0 Å². The highest BCUT2D eigenvalue weighted by molar-refractivity contribution is 5.81. The lowest BCUT2D eigenvalue weighted by Crippen LogP contribution is -2.39. The topological polar surface area (TPSA) is 47.6 Å². The Morgan fingerprint density at radius 3 is 2.28 bits per heavy atom. The number of ether oxygens (including phenoxy) is 2. The summed E-state index contributed by atoms with van der Waals surface area (Å²) in [6.45, 7) is 13.6. The second-order valence-electron chi connectivity index (χ2n) is 8.62. The SMILES string of the molecule is CC[C@@H](Oc1ccc(C(C)(C)C)cc1)C(=O)NCCOc1ccccc1C(C)C. The van der Waals surface area contributed by atoms with Gasteiger partial charge in [0, 0.05) is 0 Å². The molecule has 2 aromatic rings. The molecule has 0 aliphatic heterocycles. The number of amides is 1. The summed E-state index contributed by atoms with van der Waals surface area (Å²) in [5.74, 6) is 1.86. The Labute approximate surface area is 175 Å². The van der Waals surface area contributed by atoms with Crippen molar-refractivity contribution in [3.05, 3.63) is 59.7 Å². The molecule has 29 heavy (non-hydrogen) atoms. The van der Waals surface area contributed by atoms with E-state index in [-0.39, 0.29) is 11.3 Å². The van der Waals surface area contributed by atoms with Crippen LogP contribution in [0.4, 0.5) is 0 Å². The second kappa shape index (κ2) is 10.3. The van der Waals surface area contributed by atoms with Crippen LogP contribution in [0.1, 0.15) is 65.0 Å². The maximum Gasteiger partial charge on any atom is 0.261 e. The van der Waals surface area contributed by atoms with Crippen LogP contribution < -0.4 is 14.8 Å². The van der Waals surface area contributed by atoms with Gasteiger partial charge in [-0.15, -0.1) is 0 Å². The molecule has 0 heterocycles. The quantitative estimate of drug-likeness (QED) is 0.572. The Bertz CT molecular complexity index is 775. The molecule has 4 heteroatoms. The molecule has 158 valence electrons. The van der Waals surface area contributed by atoms with Crippen LogP contribution in [0.5, 0.6) is 11.5 Å². The van der Waals surface area contributed by atoms with Crippen LogP contribution >= 0.6 is 0 Å². The number of hydrogen-bond acceptors (Lipinski definition) is 3. The third-order valence-electron chi connectivity index (χ3n) is 4.86. The van der Waals surface area contributed by atoms with Gasteiger partial charge in [0.1, 0.15) is 18.1 Å². The van der Waals surface area contributed by atoms with Crippen LogP contribution in [-0.2, 0) is 10.2 Å². The van der Waals surface area contributed by atoms with Gasteiger partial charge in [-0.05, 0) is 47.1 Å². The van der Waals surface area contributed by atoms with Crippen LogP contribution in [0.15, 0.2) is 48.5 Å². The van der Waals surface area contributed by atoms with Crippen molar-refractivity contribution >= 4 is 5.91 Å². The molecule has 1 amide bonds. The molecule has 0 fully saturated rings. The predicted molar refractivity (Wildman–Crippen MR) is 119 cm³/mol. The van der Waals surface area contributed by atoms with Gasteiger partial charge < -0.3 is 14.8 Å². The fraction of sp³-hybridized carbons (Fsp3) is 0.480. The van der Waals surface area contributed by atoms with E-state index >= 15 is 0 Å². The van der Waals surface area contributed by atoms with Gasteiger partial charge in [0.05, 0.1) is 6.54 Å². The van der Waals surface area contributed by atoms with Crippen molar-refractivity contribution in [1.82, 2.24) is 5.32 Å². The smallest absolute Gasteiger partial charge is 0.261 e. The van der Waals surface area contributed by atoms with Crippen molar-refractivity contribution in [2.45, 2.75) is 65.4 Å². The highest BCUT2D eigenvalue weighted by Crippen LogP contribution is 2.26. The maximum absolute atomic E-state index is 12.5. The molecule has 0 saturated heterocycles. The Kier molecular flexibility index (Phi) is 8.12. The van der Waals surface area contributed by atoms with Crippen molar-refractivity contribution in [3.8, 4) is 11.5 Å². The van der Waals surface area contributed by atoms with Crippen LogP contribution in [0.2, 0.25) is 0 Å². The summed E-state index contributed by atoms with van der Waals surface area (Å²) < 4.78 is 11.8. The first-order valence-electron chi connectivity index (χ1n) is 10.5. The summed E-state index contributed by atoms with van der Waals surface area (Å²) in [6.07, 6.45) is 0.0858. The fourth-order valence-electron chi connectivity index (χ4n) is 3.06. The summed E-state index contributed by atoms with van der Waals surface area (Å²) in [4.78, 5) is 12.5. The summed E-state index contributed by atoms with van der Waals surface area (Å²) in [5.41, 5.74) is 2.50. The first-order valence-corrected chi connectivity index (χ1v) is 10.5. The number of benzene rings is 2. The molecule has 2 aromatic carbocycles. The zero-order chi connectivity index (χ0) is 21.4. The molecular weight excluding hydrogens is 362 g/mol. The minimum Gasteiger partial charge on any atom is -0.491 e. The molecule has 0 aliphatic carbocycles. The highest BCUT2D eigenvalue weighted by Gasteiger charge is 2.19. The van der Waals surface area contributed by atoms with E-state index in [0.717, 1.165) is 5.75 Å². The van der Waals surface area contributed by atoms with Crippen molar-refractivity contribution in [3.63, 3.8) is 0 Å². The van der Waals surface area contributed by atoms with Crippen LogP contribution in [0.25, 0.3) is 0 Å². The van der Waals surface area contributed by atoms with Gasteiger partial charge in [0.2, 0.25) is 0 Å². The van der Waals surface area contributed by atoms with E-state index < -0.39 is 6.10 Å². The number of hydrogen-bond donors (Lipinski definition) is 1. The van der Waals surface area contributed by atoms with E-state index in [2.05, 4.69) is 58.1 Å². The summed E-state index contributed by atoms with van der Waals surface area (Å²) in [6, 6.07) is 16.0. The summed E-state index contributed by atoms with van der Waals surface area (Å²) >= 11 is 0. The van der Waals surface area contributed by atoms with Gasteiger partial charge in [0.25, 0.3) is 5.91 Å². The van der Waals surface area contributed by atoms with Crippen molar-refractivity contribution in [2.75, 3.05) is 13.2 Å². The Morgan fingerprint density at radius 1 is 1.03 bits per heavy atom. The minimum atomic E-state index is -0.515. The number of carbonyl (C=O) groups is 1. The largest absolute Gasteiger partial charge is 0.491 e. The Hall–Kier alpha value is -2.49. The van der Waals surface area contributed by atoms with Crippen molar-refractivity contribution in [2.24, 2.45) is 0 Å². The molecule has 0 aromatic heterocycles. The van der Waals surface area contributed by atoms with E-state index in [0.29, 0.717) is 31.2 Å². The monoisotopic (exact) mass is 397 g/mol. The molecule has 1 N–H and O–H groups in total. The molecule has 0 bridgehead atoms. The summed E-state index contributed by atoms with van der Waals surface area (Å²) in [5, 5.41) is 2.92. The molecule has 1 atom stereocenters. The van der Waals surface area contributed by atoms with E-state index in [1.165, 1.54) is 11.1 Å². The third-order valence-corrected chi connectivity index (χ3v) is 4.86. The van der Waals surface area contributed by atoms with Crippen LogP contribution in [0, 0.1) is 0 Å². The summed E-state index contributed by atoms with van der Waals surface area (Å²) in [7, 11) is 0. The lowest BCUT2D eigenvalue weighted by molar-refractivity contribution is -0.128. The van der Waals surface area contributed by atoms with Crippen LogP contribution in [-0.4, -0.2) is 25.2 Å². The molecule has 0 aliphatic rings. The first kappa shape index (κ1) is 22.8. The molecule has 0 radical (unpaired) electrons. The average molecular weight is 398 g/mol. The molecular formula is C25H35NO3. The van der Waals surface area contributed by atoms with Crippen molar-refractivity contribution < 1.29 is 14.3 Å². The van der Waals surface area contributed by atoms with E-state index in [1.54, 1.807) is 0 Å². The standard InChI is InChI=1S/C25H35NO3/c1-7-22(29-20-14-12-19(13-15-20)25(4,5)6)24(27)26-16-17-28-23-11-9-8-10-21(23)18(2)3/h8-15,18,22H,7,16-17H2,1-6H3,(H,26,27)/t22-/m1/s1. The normalized spacial score (nSPS) is 12.5. The zero-order valence-electron chi connectivity index (χ0n) is 18.6. The van der Waals surface area contributed by atoms with E-state index in [4.69, 9.17) is 9.47 Å². The lowest BCUT2D eigenvalue weighted by atomic mass is 9.87. The van der Waals surface area contributed by atoms with Gasteiger partial charge in [-0.3, -0.25) is 4.79 Å². The molecule has 0 saturated carbocycles. The maximum atomic E-state index is 12.5. The number of nitrogens with one attached hydrogen (secondary N) is 1. The van der Waals surface area contributed by atoms with Crippen LogP contribution in [0.3, 0.4) is 0 Å². The number of para-hydroxylation sites is 1.